The highest BCUT2D eigenvalue weighted by Crippen LogP contribution is 2.40. The van der Waals surface area contributed by atoms with Crippen molar-refractivity contribution in [2.45, 2.75) is 72.8 Å². The van der Waals surface area contributed by atoms with Gasteiger partial charge in [0, 0.05) is 32.6 Å². The maximum Gasteiger partial charge on any atom is 0.225 e. The third-order valence-electron chi connectivity index (χ3n) is 6.57. The zero-order chi connectivity index (χ0) is 18.7. The second-order valence-corrected chi connectivity index (χ2v) is 9.98. The van der Waals surface area contributed by atoms with E-state index in [0.29, 0.717) is 11.3 Å². The van der Waals surface area contributed by atoms with E-state index in [1.807, 2.05) is 11.9 Å². The maximum absolute atomic E-state index is 12.8. The second-order valence-electron chi connectivity index (χ2n) is 9.98. The van der Waals surface area contributed by atoms with E-state index in [-0.39, 0.29) is 17.4 Å². The maximum atomic E-state index is 12.8. The first-order valence-corrected chi connectivity index (χ1v) is 10.2. The Labute approximate surface area is 155 Å². The molecule has 25 heavy (non-hydrogen) atoms. The Hall–Kier alpha value is -0.610. The number of hydrogen-bond acceptors (Lipinski definition) is 3. The van der Waals surface area contributed by atoms with Gasteiger partial charge >= 0.3 is 0 Å². The highest BCUT2D eigenvalue weighted by atomic mass is 16.5. The largest absolute Gasteiger partial charge is 0.375 e. The Morgan fingerprint density at radius 1 is 1.12 bits per heavy atom. The first kappa shape index (κ1) is 20.7. The fourth-order valence-electron chi connectivity index (χ4n) is 4.31. The molecule has 0 bridgehead atoms. The molecule has 2 fully saturated rings. The van der Waals surface area contributed by atoms with Crippen molar-refractivity contribution in [3.8, 4) is 0 Å². The van der Waals surface area contributed by atoms with Crippen molar-refractivity contribution in [2.75, 3.05) is 33.3 Å². The average molecular weight is 353 g/mol. The van der Waals surface area contributed by atoms with Crippen LogP contribution in [0.1, 0.15) is 66.7 Å². The van der Waals surface area contributed by atoms with E-state index in [2.05, 4.69) is 39.9 Å². The van der Waals surface area contributed by atoms with E-state index in [9.17, 15) is 4.79 Å². The summed E-state index contributed by atoms with van der Waals surface area (Å²) in [5, 5.41) is 3.41. The molecule has 1 saturated heterocycles. The molecular weight excluding hydrogens is 312 g/mol. The van der Waals surface area contributed by atoms with Gasteiger partial charge in [0.2, 0.25) is 5.91 Å². The van der Waals surface area contributed by atoms with Gasteiger partial charge in [-0.15, -0.1) is 0 Å². The number of nitrogens with zero attached hydrogens (tertiary/aromatic N) is 1. The lowest BCUT2D eigenvalue weighted by molar-refractivity contribution is -0.136. The molecule has 1 aliphatic carbocycles. The monoisotopic (exact) mass is 352 g/mol. The van der Waals surface area contributed by atoms with E-state index >= 15 is 0 Å². The number of ether oxygens (including phenoxy) is 1. The number of nitrogens with one attached hydrogen (secondary N) is 1. The molecule has 1 amide bonds. The van der Waals surface area contributed by atoms with Crippen molar-refractivity contribution in [3.63, 3.8) is 0 Å². The van der Waals surface area contributed by atoms with Gasteiger partial charge in [-0.25, -0.2) is 0 Å². The zero-order valence-electron chi connectivity index (χ0n) is 17.4. The number of amides is 1. The Balaban J connectivity index is 1.78. The summed E-state index contributed by atoms with van der Waals surface area (Å²) in [7, 11) is 1.98. The van der Waals surface area contributed by atoms with Crippen LogP contribution in [-0.2, 0) is 9.53 Å². The average Bonchev–Trinajstić information content (AvgIpc) is 2.59. The van der Waals surface area contributed by atoms with Gasteiger partial charge in [0.25, 0.3) is 0 Å². The Bertz CT molecular complexity index is 428. The van der Waals surface area contributed by atoms with Crippen LogP contribution in [0.3, 0.4) is 0 Å². The Morgan fingerprint density at radius 2 is 1.76 bits per heavy atom. The molecule has 4 heteroatoms. The zero-order valence-corrected chi connectivity index (χ0v) is 17.4. The van der Waals surface area contributed by atoms with Gasteiger partial charge in [-0.2, -0.15) is 0 Å². The van der Waals surface area contributed by atoms with Gasteiger partial charge in [-0.05, 0) is 48.9 Å². The third-order valence-corrected chi connectivity index (χ3v) is 6.57. The van der Waals surface area contributed by atoms with Gasteiger partial charge in [0.15, 0.2) is 0 Å². The summed E-state index contributed by atoms with van der Waals surface area (Å²) in [6.45, 7) is 15.0. The molecular formula is C21H40N2O2. The molecule has 0 spiro atoms. The molecule has 0 aromatic heterocycles. The fraction of sp³-hybridized carbons (Fsp3) is 0.952. The standard InChI is InChI=1S/C21H40N2O2/c1-20(2,3)17-9-7-16(8-10-17)19(24)23(6)13-11-21(4,5)18-15-22-12-14-25-18/h16-18,22H,7-15H2,1-6H3/t16?,17?,18-/m0/s1. The molecule has 2 aliphatic rings. The SMILES string of the molecule is CN(CCC(C)(C)[C@@H]1CNCCO1)C(=O)C1CCC(C(C)(C)C)CC1. The summed E-state index contributed by atoms with van der Waals surface area (Å²) >= 11 is 0. The normalized spacial score (nSPS) is 28.6. The van der Waals surface area contributed by atoms with Crippen molar-refractivity contribution in [1.29, 1.82) is 0 Å². The first-order chi connectivity index (χ1) is 11.6. The summed E-state index contributed by atoms with van der Waals surface area (Å²) in [4.78, 5) is 14.8. The predicted octanol–water partition coefficient (Wildman–Crippen LogP) is 3.70. The highest BCUT2D eigenvalue weighted by molar-refractivity contribution is 5.78. The first-order valence-electron chi connectivity index (χ1n) is 10.2. The van der Waals surface area contributed by atoms with Crippen LogP contribution in [0, 0.1) is 22.7 Å². The molecule has 1 heterocycles. The summed E-state index contributed by atoms with van der Waals surface area (Å²) < 4.78 is 5.93. The fourth-order valence-corrected chi connectivity index (χ4v) is 4.31. The van der Waals surface area contributed by atoms with Crippen molar-refractivity contribution < 1.29 is 9.53 Å². The molecule has 146 valence electrons. The van der Waals surface area contributed by atoms with Crippen LogP contribution in [0.4, 0.5) is 0 Å². The van der Waals surface area contributed by atoms with Crippen LogP contribution in [0.5, 0.6) is 0 Å². The molecule has 4 nitrogen and oxygen atoms in total. The molecule has 1 saturated carbocycles. The van der Waals surface area contributed by atoms with E-state index in [0.717, 1.165) is 51.4 Å². The van der Waals surface area contributed by atoms with Crippen LogP contribution in [0.25, 0.3) is 0 Å². The minimum Gasteiger partial charge on any atom is -0.375 e. The number of hydrogen-bond donors (Lipinski definition) is 1. The van der Waals surface area contributed by atoms with Crippen molar-refractivity contribution >= 4 is 5.91 Å². The summed E-state index contributed by atoms with van der Waals surface area (Å²) in [5.74, 6) is 1.35. The number of rotatable bonds is 5. The lowest BCUT2D eigenvalue weighted by Gasteiger charge is -2.39. The lowest BCUT2D eigenvalue weighted by Crippen LogP contribution is -2.48. The second kappa shape index (κ2) is 8.39. The quantitative estimate of drug-likeness (QED) is 0.820. The third kappa shape index (κ3) is 5.68. The molecule has 2 rings (SSSR count). The summed E-state index contributed by atoms with van der Waals surface area (Å²) in [5.41, 5.74) is 0.462. The van der Waals surface area contributed by atoms with Gasteiger partial charge in [-0.1, -0.05) is 34.6 Å². The molecule has 1 N–H and O–H groups in total. The van der Waals surface area contributed by atoms with Gasteiger partial charge in [0.05, 0.1) is 12.7 Å². The van der Waals surface area contributed by atoms with Gasteiger partial charge in [-0.3, -0.25) is 4.79 Å². The topological polar surface area (TPSA) is 41.6 Å². The summed E-state index contributed by atoms with van der Waals surface area (Å²) in [6.07, 6.45) is 5.74. The smallest absolute Gasteiger partial charge is 0.225 e. The molecule has 0 unspecified atom stereocenters. The molecule has 1 atom stereocenters. The van der Waals surface area contributed by atoms with E-state index < -0.39 is 0 Å². The van der Waals surface area contributed by atoms with Crippen LogP contribution in [0.15, 0.2) is 0 Å². The van der Waals surface area contributed by atoms with E-state index in [1.165, 1.54) is 12.8 Å². The van der Waals surface area contributed by atoms with Gasteiger partial charge in [0.1, 0.15) is 0 Å². The minimum atomic E-state index is 0.0891. The van der Waals surface area contributed by atoms with Crippen molar-refractivity contribution in [1.82, 2.24) is 10.2 Å². The Morgan fingerprint density at radius 3 is 2.28 bits per heavy atom. The molecule has 0 aromatic carbocycles. The number of morpholine rings is 1. The van der Waals surface area contributed by atoms with Crippen LogP contribution < -0.4 is 5.32 Å². The van der Waals surface area contributed by atoms with E-state index in [1.54, 1.807) is 0 Å². The lowest BCUT2D eigenvalue weighted by atomic mass is 9.69. The van der Waals surface area contributed by atoms with Crippen molar-refractivity contribution in [3.05, 3.63) is 0 Å². The molecule has 1 aliphatic heterocycles. The Kier molecular flexibility index (Phi) is 6.94. The van der Waals surface area contributed by atoms with E-state index in [4.69, 9.17) is 4.74 Å². The van der Waals surface area contributed by atoms with Crippen molar-refractivity contribution in [2.24, 2.45) is 22.7 Å². The van der Waals surface area contributed by atoms with Crippen LogP contribution in [-0.4, -0.2) is 50.2 Å². The highest BCUT2D eigenvalue weighted by Gasteiger charge is 2.35. The molecule has 0 radical (unpaired) electrons. The van der Waals surface area contributed by atoms with Crippen LogP contribution >= 0.6 is 0 Å². The van der Waals surface area contributed by atoms with Gasteiger partial charge < -0.3 is 15.0 Å². The number of carbonyl (C=O) groups is 1. The minimum absolute atomic E-state index is 0.0891. The van der Waals surface area contributed by atoms with Crippen LogP contribution in [0.2, 0.25) is 0 Å². The predicted molar refractivity (Wildman–Crippen MR) is 104 cm³/mol. The summed E-state index contributed by atoms with van der Waals surface area (Å²) in [6, 6.07) is 0. The number of carbonyl (C=O) groups excluding carboxylic acids is 1. The molecule has 0 aromatic rings.